The number of carbonyl (C=O) groups is 1. The van der Waals surface area contributed by atoms with Crippen molar-refractivity contribution in [3.8, 4) is 17.2 Å². The number of rotatable bonds is 9. The average Bonchev–Trinajstić information content (AvgIpc) is 2.79. The Hall–Kier alpha value is -3.51. The number of hydrogen-bond acceptors (Lipinski definition) is 5. The monoisotopic (exact) mass is 438 g/mol. The predicted octanol–water partition coefficient (Wildman–Crippen LogP) is 5.09. The molecule has 1 N–H and O–H groups in total. The Balaban J connectivity index is 1.58. The minimum atomic E-state index is -0.354. The first-order valence-electron chi connectivity index (χ1n) is 9.70. The molecule has 160 valence electrons. The molecule has 31 heavy (non-hydrogen) atoms. The van der Waals surface area contributed by atoms with Crippen LogP contribution >= 0.6 is 11.6 Å². The minimum Gasteiger partial charge on any atom is -0.493 e. The number of hydrazone groups is 1. The highest BCUT2D eigenvalue weighted by Gasteiger charge is 2.10. The van der Waals surface area contributed by atoms with Gasteiger partial charge in [-0.05, 0) is 60.5 Å². The summed E-state index contributed by atoms with van der Waals surface area (Å²) in [7, 11) is 1.53. The second-order valence-corrected chi connectivity index (χ2v) is 6.92. The standard InChI is InChI=1S/C24H23ClN2O4/c1-3-30-22-12-9-19(14-23(22)29-2)24(28)27-26-15-18-5-4-6-21(13-18)31-16-17-7-10-20(25)11-8-17/h4-15H,3,16H2,1-2H3,(H,27,28)/b26-15+. The first kappa shape index (κ1) is 22.2. The molecule has 0 radical (unpaired) electrons. The molecule has 0 bridgehead atoms. The summed E-state index contributed by atoms with van der Waals surface area (Å²) in [6.07, 6.45) is 1.55. The highest BCUT2D eigenvalue weighted by molar-refractivity contribution is 6.30. The van der Waals surface area contributed by atoms with Crippen molar-refractivity contribution in [3.05, 3.63) is 88.4 Å². The fraction of sp³-hybridized carbons (Fsp3) is 0.167. The van der Waals surface area contributed by atoms with E-state index in [2.05, 4.69) is 10.5 Å². The van der Waals surface area contributed by atoms with E-state index in [0.29, 0.717) is 41.0 Å². The maximum atomic E-state index is 12.4. The molecule has 0 atom stereocenters. The fourth-order valence-corrected chi connectivity index (χ4v) is 2.87. The lowest BCUT2D eigenvalue weighted by atomic mass is 10.2. The molecule has 7 heteroatoms. The van der Waals surface area contributed by atoms with Crippen LogP contribution in [0.5, 0.6) is 17.2 Å². The molecule has 0 aliphatic carbocycles. The van der Waals surface area contributed by atoms with Gasteiger partial charge in [0.15, 0.2) is 11.5 Å². The van der Waals surface area contributed by atoms with Gasteiger partial charge in [0, 0.05) is 10.6 Å². The van der Waals surface area contributed by atoms with E-state index in [0.717, 1.165) is 11.1 Å². The second kappa shape index (κ2) is 11.0. The van der Waals surface area contributed by atoms with Crippen molar-refractivity contribution in [2.24, 2.45) is 5.10 Å². The van der Waals surface area contributed by atoms with Crippen LogP contribution in [-0.4, -0.2) is 25.8 Å². The number of halogens is 1. The average molecular weight is 439 g/mol. The van der Waals surface area contributed by atoms with Gasteiger partial charge in [0.25, 0.3) is 5.91 Å². The molecule has 0 spiro atoms. The Labute approximate surface area is 186 Å². The normalized spacial score (nSPS) is 10.7. The molecule has 3 aromatic rings. The van der Waals surface area contributed by atoms with Crippen LogP contribution in [0.2, 0.25) is 5.02 Å². The number of carbonyl (C=O) groups excluding carboxylic acids is 1. The van der Waals surface area contributed by atoms with Gasteiger partial charge in [-0.15, -0.1) is 0 Å². The maximum Gasteiger partial charge on any atom is 0.271 e. The Kier molecular flexibility index (Phi) is 7.90. The number of amides is 1. The highest BCUT2D eigenvalue weighted by atomic mass is 35.5. The third-order valence-electron chi connectivity index (χ3n) is 4.28. The molecule has 0 saturated heterocycles. The van der Waals surface area contributed by atoms with Crippen LogP contribution < -0.4 is 19.6 Å². The SMILES string of the molecule is CCOc1ccc(C(=O)N/N=C/c2cccc(OCc3ccc(Cl)cc3)c2)cc1OC. The van der Waals surface area contributed by atoms with Crippen LogP contribution in [0.4, 0.5) is 0 Å². The molecule has 0 aromatic heterocycles. The topological polar surface area (TPSA) is 69.2 Å². The molecule has 0 aliphatic heterocycles. The summed E-state index contributed by atoms with van der Waals surface area (Å²) >= 11 is 5.90. The lowest BCUT2D eigenvalue weighted by Gasteiger charge is -2.10. The van der Waals surface area contributed by atoms with Crippen molar-refractivity contribution < 1.29 is 19.0 Å². The lowest BCUT2D eigenvalue weighted by Crippen LogP contribution is -2.17. The smallest absolute Gasteiger partial charge is 0.271 e. The fourth-order valence-electron chi connectivity index (χ4n) is 2.75. The van der Waals surface area contributed by atoms with E-state index in [1.807, 2.05) is 55.5 Å². The molecular weight excluding hydrogens is 416 g/mol. The largest absolute Gasteiger partial charge is 0.493 e. The summed E-state index contributed by atoms with van der Waals surface area (Å²) in [4.78, 5) is 12.4. The Morgan fingerprint density at radius 1 is 1.03 bits per heavy atom. The number of benzene rings is 3. The van der Waals surface area contributed by atoms with Crippen molar-refractivity contribution in [2.75, 3.05) is 13.7 Å². The summed E-state index contributed by atoms with van der Waals surface area (Å²) in [5.41, 5.74) is 4.73. The van der Waals surface area contributed by atoms with Gasteiger partial charge in [0.05, 0.1) is 19.9 Å². The number of ether oxygens (including phenoxy) is 3. The zero-order valence-electron chi connectivity index (χ0n) is 17.3. The van der Waals surface area contributed by atoms with Gasteiger partial charge in [-0.1, -0.05) is 35.9 Å². The number of hydrogen-bond donors (Lipinski definition) is 1. The van der Waals surface area contributed by atoms with E-state index in [1.54, 1.807) is 24.4 Å². The third kappa shape index (κ3) is 6.49. The van der Waals surface area contributed by atoms with Gasteiger partial charge in [-0.25, -0.2) is 5.43 Å². The zero-order valence-corrected chi connectivity index (χ0v) is 18.1. The number of nitrogens with one attached hydrogen (secondary N) is 1. The van der Waals surface area contributed by atoms with Crippen molar-refractivity contribution in [1.82, 2.24) is 5.43 Å². The molecule has 3 aromatic carbocycles. The summed E-state index contributed by atoms with van der Waals surface area (Å²) in [6.45, 7) is 2.81. The molecule has 6 nitrogen and oxygen atoms in total. The highest BCUT2D eigenvalue weighted by Crippen LogP contribution is 2.28. The molecular formula is C24H23ClN2O4. The Morgan fingerprint density at radius 2 is 1.84 bits per heavy atom. The quantitative estimate of drug-likeness (QED) is 0.373. The van der Waals surface area contributed by atoms with Crippen LogP contribution in [-0.2, 0) is 6.61 Å². The van der Waals surface area contributed by atoms with E-state index >= 15 is 0 Å². The minimum absolute atomic E-state index is 0.354. The number of nitrogens with zero attached hydrogens (tertiary/aromatic N) is 1. The van der Waals surface area contributed by atoms with Crippen LogP contribution in [0.15, 0.2) is 71.8 Å². The third-order valence-corrected chi connectivity index (χ3v) is 4.53. The summed E-state index contributed by atoms with van der Waals surface area (Å²) in [5, 5.41) is 4.72. The first-order chi connectivity index (χ1) is 15.1. The molecule has 1 amide bonds. The van der Waals surface area contributed by atoms with Crippen LogP contribution in [0, 0.1) is 0 Å². The van der Waals surface area contributed by atoms with E-state index < -0.39 is 0 Å². The molecule has 0 unspecified atom stereocenters. The van der Waals surface area contributed by atoms with Gasteiger partial charge in [-0.2, -0.15) is 5.10 Å². The van der Waals surface area contributed by atoms with Crippen molar-refractivity contribution in [2.45, 2.75) is 13.5 Å². The van der Waals surface area contributed by atoms with Crippen molar-refractivity contribution in [3.63, 3.8) is 0 Å². The lowest BCUT2D eigenvalue weighted by molar-refractivity contribution is 0.0954. The summed E-state index contributed by atoms with van der Waals surface area (Å²) in [5.74, 6) is 1.42. The van der Waals surface area contributed by atoms with E-state index in [9.17, 15) is 4.79 Å². The van der Waals surface area contributed by atoms with Crippen LogP contribution in [0.1, 0.15) is 28.4 Å². The van der Waals surface area contributed by atoms with Crippen molar-refractivity contribution in [1.29, 1.82) is 0 Å². The Bertz CT molecular complexity index is 1050. The molecule has 0 saturated carbocycles. The first-order valence-corrected chi connectivity index (χ1v) is 10.1. The molecule has 0 heterocycles. The predicted molar refractivity (Wildman–Crippen MR) is 121 cm³/mol. The van der Waals surface area contributed by atoms with Crippen LogP contribution in [0.3, 0.4) is 0 Å². The number of methoxy groups -OCH3 is 1. The summed E-state index contributed by atoms with van der Waals surface area (Å²) in [6, 6.07) is 19.9. The Morgan fingerprint density at radius 3 is 2.58 bits per heavy atom. The van der Waals surface area contributed by atoms with Gasteiger partial charge >= 0.3 is 0 Å². The van der Waals surface area contributed by atoms with E-state index in [-0.39, 0.29) is 5.91 Å². The van der Waals surface area contributed by atoms with Gasteiger partial charge in [0.2, 0.25) is 0 Å². The molecule has 0 fully saturated rings. The van der Waals surface area contributed by atoms with Gasteiger partial charge in [0.1, 0.15) is 12.4 Å². The van der Waals surface area contributed by atoms with E-state index in [1.165, 1.54) is 7.11 Å². The second-order valence-electron chi connectivity index (χ2n) is 6.49. The zero-order chi connectivity index (χ0) is 22.1. The molecule has 0 aliphatic rings. The van der Waals surface area contributed by atoms with Crippen molar-refractivity contribution >= 4 is 23.7 Å². The van der Waals surface area contributed by atoms with Gasteiger partial charge in [-0.3, -0.25) is 4.79 Å². The maximum absolute atomic E-state index is 12.4. The van der Waals surface area contributed by atoms with E-state index in [4.69, 9.17) is 25.8 Å². The van der Waals surface area contributed by atoms with Gasteiger partial charge < -0.3 is 14.2 Å². The van der Waals surface area contributed by atoms with Crippen LogP contribution in [0.25, 0.3) is 0 Å². The molecule has 3 rings (SSSR count). The summed E-state index contributed by atoms with van der Waals surface area (Å²) < 4.78 is 16.5.